The van der Waals surface area contributed by atoms with Crippen molar-refractivity contribution in [2.24, 2.45) is 0 Å². The standard InChI is InChI=1S/C32H32F5N7O4.ClH/c1-18-14-19(41-27-28-39-16-23(44(28)9-8-38-27)21-6-7-24(47-2)26(34)25(21)33)4-5-20(18)29(45)42-10-12-43(13-11-42)30(46)22-15-31(48-3,17-40-22)32(35,36)37;/h4-9,14,16,22,40H,10-13,15,17H2,1-3H3,(H,38,41);1H/t22-,31-;/m0./s1. The molecule has 17 heteroatoms. The third-order valence-electron chi connectivity index (χ3n) is 8.94. The Kier molecular flexibility index (Phi) is 10.0. The van der Waals surface area contributed by atoms with Crippen molar-refractivity contribution < 1.29 is 41.0 Å². The minimum atomic E-state index is -4.62. The lowest BCUT2D eigenvalue weighted by molar-refractivity contribution is -0.262. The second-order valence-electron chi connectivity index (χ2n) is 11.7. The molecule has 0 unspecified atom stereocenters. The van der Waals surface area contributed by atoms with E-state index in [2.05, 4.69) is 20.6 Å². The van der Waals surface area contributed by atoms with Gasteiger partial charge in [0.1, 0.15) is 0 Å². The quantitative estimate of drug-likeness (QED) is 0.265. The summed E-state index contributed by atoms with van der Waals surface area (Å²) in [5.41, 5.74) is -0.0594. The zero-order valence-corrected chi connectivity index (χ0v) is 27.4. The number of methoxy groups -OCH3 is 2. The Labute approximate surface area is 283 Å². The number of halogens is 6. The third-order valence-corrected chi connectivity index (χ3v) is 8.94. The maximum Gasteiger partial charge on any atom is 0.418 e. The largest absolute Gasteiger partial charge is 0.494 e. The van der Waals surface area contributed by atoms with E-state index < -0.39 is 48.3 Å². The lowest BCUT2D eigenvalue weighted by Gasteiger charge is -2.36. The highest BCUT2D eigenvalue weighted by atomic mass is 35.5. The maximum absolute atomic E-state index is 14.8. The van der Waals surface area contributed by atoms with Crippen molar-refractivity contribution in [3.05, 3.63) is 71.7 Å². The van der Waals surface area contributed by atoms with Crippen molar-refractivity contribution in [2.75, 3.05) is 52.3 Å². The Morgan fingerprint density at radius 1 is 1.02 bits per heavy atom. The van der Waals surface area contributed by atoms with Crippen LogP contribution < -0.4 is 15.4 Å². The molecule has 2 N–H and O–H groups in total. The van der Waals surface area contributed by atoms with Gasteiger partial charge in [-0.05, 0) is 42.8 Å². The Hall–Kier alpha value is -4.54. The van der Waals surface area contributed by atoms with Crippen LogP contribution in [0.2, 0.25) is 0 Å². The first-order valence-electron chi connectivity index (χ1n) is 15.0. The van der Waals surface area contributed by atoms with E-state index in [1.54, 1.807) is 40.6 Å². The van der Waals surface area contributed by atoms with Crippen LogP contribution in [0.15, 0.2) is 48.9 Å². The Morgan fingerprint density at radius 2 is 1.73 bits per heavy atom. The van der Waals surface area contributed by atoms with Crippen LogP contribution in [0.25, 0.3) is 16.9 Å². The number of aryl methyl sites for hydroxylation is 1. The number of nitrogens with one attached hydrogen (secondary N) is 2. The molecule has 6 rings (SSSR count). The van der Waals surface area contributed by atoms with Gasteiger partial charge in [-0.3, -0.25) is 14.0 Å². The molecule has 49 heavy (non-hydrogen) atoms. The Bertz CT molecular complexity index is 1880. The van der Waals surface area contributed by atoms with Gasteiger partial charge in [0.15, 0.2) is 28.6 Å². The second-order valence-corrected chi connectivity index (χ2v) is 11.7. The summed E-state index contributed by atoms with van der Waals surface area (Å²) in [6.45, 7) is 2.07. The number of carbonyl (C=O) groups excluding carboxylic acids is 2. The summed E-state index contributed by atoms with van der Waals surface area (Å²) in [6, 6.07) is 6.82. The number of ether oxygens (including phenoxy) is 2. The molecule has 2 atom stereocenters. The van der Waals surface area contributed by atoms with E-state index in [1.807, 2.05) is 0 Å². The first-order chi connectivity index (χ1) is 22.9. The van der Waals surface area contributed by atoms with Crippen LogP contribution >= 0.6 is 12.4 Å². The lowest BCUT2D eigenvalue weighted by Crippen LogP contribution is -2.54. The van der Waals surface area contributed by atoms with Gasteiger partial charge in [-0.25, -0.2) is 14.4 Å². The van der Waals surface area contributed by atoms with E-state index in [0.717, 1.165) is 7.11 Å². The van der Waals surface area contributed by atoms with E-state index in [0.29, 0.717) is 34.0 Å². The molecule has 4 aromatic rings. The average molecular weight is 710 g/mol. The molecule has 4 heterocycles. The fourth-order valence-corrected chi connectivity index (χ4v) is 6.16. The number of amides is 2. The number of carbonyl (C=O) groups is 2. The average Bonchev–Trinajstić information content (AvgIpc) is 3.72. The molecule has 2 aromatic heterocycles. The van der Waals surface area contributed by atoms with Crippen LogP contribution in [0.5, 0.6) is 5.75 Å². The van der Waals surface area contributed by atoms with Crippen molar-refractivity contribution in [1.29, 1.82) is 0 Å². The summed E-state index contributed by atoms with van der Waals surface area (Å²) in [5.74, 6) is -2.75. The van der Waals surface area contributed by atoms with E-state index in [9.17, 15) is 31.5 Å². The van der Waals surface area contributed by atoms with E-state index in [1.165, 1.54) is 36.5 Å². The summed E-state index contributed by atoms with van der Waals surface area (Å²) in [5, 5.41) is 5.82. The van der Waals surface area contributed by atoms with Gasteiger partial charge < -0.3 is 29.9 Å². The molecule has 0 saturated carbocycles. The van der Waals surface area contributed by atoms with E-state index >= 15 is 0 Å². The molecule has 0 spiro atoms. The highest BCUT2D eigenvalue weighted by Gasteiger charge is 2.60. The number of benzene rings is 2. The molecule has 2 saturated heterocycles. The number of nitrogens with zero attached hydrogens (tertiary/aromatic N) is 5. The van der Waals surface area contributed by atoms with Crippen LogP contribution in [0.1, 0.15) is 22.3 Å². The van der Waals surface area contributed by atoms with Crippen molar-refractivity contribution in [3.63, 3.8) is 0 Å². The first-order valence-corrected chi connectivity index (χ1v) is 15.0. The van der Waals surface area contributed by atoms with E-state index in [-0.39, 0.29) is 55.8 Å². The van der Waals surface area contributed by atoms with Crippen molar-refractivity contribution >= 4 is 41.4 Å². The highest BCUT2D eigenvalue weighted by molar-refractivity contribution is 5.96. The summed E-state index contributed by atoms with van der Waals surface area (Å²) >= 11 is 0. The SMILES string of the molecule is COc1ccc(-c2cnc3c(Nc4ccc(C(=O)N5CCN(C(=O)[C@@H]6C[C@@](OC)(C(F)(F)F)CN6)CC5)c(C)c4)nccn23)c(F)c1F.Cl. The first kappa shape index (κ1) is 35.8. The molecule has 0 bridgehead atoms. The molecule has 2 fully saturated rings. The van der Waals surface area contributed by atoms with E-state index in [4.69, 9.17) is 9.47 Å². The number of imidazole rings is 1. The molecule has 2 aliphatic rings. The number of fused-ring (bicyclic) bond motifs is 1. The van der Waals surface area contributed by atoms with Crippen LogP contribution in [-0.2, 0) is 9.53 Å². The minimum absolute atomic E-state index is 0. The van der Waals surface area contributed by atoms with Gasteiger partial charge in [0.2, 0.25) is 11.7 Å². The summed E-state index contributed by atoms with van der Waals surface area (Å²) in [6.07, 6.45) is -0.667. The molecular formula is C32H33ClF5N7O4. The molecule has 2 aliphatic heterocycles. The fourth-order valence-electron chi connectivity index (χ4n) is 6.16. The zero-order chi connectivity index (χ0) is 34.4. The normalized spacial score (nSPS) is 19.6. The second kappa shape index (κ2) is 13.8. The molecule has 11 nitrogen and oxygen atoms in total. The predicted molar refractivity (Wildman–Crippen MR) is 171 cm³/mol. The van der Waals surface area contributed by atoms with Gasteiger partial charge in [-0.2, -0.15) is 17.6 Å². The monoisotopic (exact) mass is 709 g/mol. The number of piperazine rings is 1. The molecule has 2 amide bonds. The van der Waals surface area contributed by atoms with Gasteiger partial charge in [0.25, 0.3) is 5.91 Å². The Morgan fingerprint density at radius 3 is 2.37 bits per heavy atom. The summed E-state index contributed by atoms with van der Waals surface area (Å²) in [7, 11) is 2.24. The van der Waals surface area contributed by atoms with Crippen molar-refractivity contribution in [3.8, 4) is 17.0 Å². The van der Waals surface area contributed by atoms with Crippen LogP contribution in [0.4, 0.5) is 33.5 Å². The van der Waals surface area contributed by atoms with Crippen LogP contribution in [0, 0.1) is 18.6 Å². The van der Waals surface area contributed by atoms with Gasteiger partial charge in [-0.1, -0.05) is 0 Å². The van der Waals surface area contributed by atoms with Gasteiger partial charge in [0.05, 0.1) is 25.0 Å². The summed E-state index contributed by atoms with van der Waals surface area (Å²) in [4.78, 5) is 38.2. The van der Waals surface area contributed by atoms with Crippen LogP contribution in [-0.4, -0.2) is 101 Å². The number of hydrogen-bond donors (Lipinski definition) is 2. The zero-order valence-electron chi connectivity index (χ0n) is 26.6. The van der Waals surface area contributed by atoms with Gasteiger partial charge >= 0.3 is 6.18 Å². The number of rotatable bonds is 7. The highest BCUT2D eigenvalue weighted by Crippen LogP contribution is 2.40. The Balaban J connectivity index is 0.00000468. The maximum atomic E-state index is 14.8. The molecule has 262 valence electrons. The van der Waals surface area contributed by atoms with Crippen LogP contribution in [0.3, 0.4) is 0 Å². The lowest BCUT2D eigenvalue weighted by atomic mass is 9.98. The molecule has 0 aliphatic carbocycles. The molecule has 2 aromatic carbocycles. The summed E-state index contributed by atoms with van der Waals surface area (Å²) < 4.78 is 81.1. The smallest absolute Gasteiger partial charge is 0.418 e. The van der Waals surface area contributed by atoms with Crippen molar-refractivity contribution in [2.45, 2.75) is 31.2 Å². The molecular weight excluding hydrogens is 677 g/mol. The number of anilines is 2. The van der Waals surface area contributed by atoms with Gasteiger partial charge in [-0.15, -0.1) is 12.4 Å². The number of hydrogen-bond acceptors (Lipinski definition) is 8. The fraction of sp³-hybridized carbons (Fsp3) is 0.375. The topological polar surface area (TPSA) is 113 Å². The minimum Gasteiger partial charge on any atom is -0.494 e. The number of aromatic nitrogens is 3. The number of alkyl halides is 3. The predicted octanol–water partition coefficient (Wildman–Crippen LogP) is 4.75. The molecule has 0 radical (unpaired) electrons. The van der Waals surface area contributed by atoms with Crippen molar-refractivity contribution in [1.82, 2.24) is 29.5 Å². The third kappa shape index (κ3) is 6.47. The van der Waals surface area contributed by atoms with Gasteiger partial charge in [0, 0.05) is 75.5 Å².